The lowest BCUT2D eigenvalue weighted by Gasteiger charge is -2.51. The van der Waals surface area contributed by atoms with E-state index in [-0.39, 0.29) is 12.0 Å². The maximum atomic E-state index is 12.4. The molecule has 21 heavy (non-hydrogen) atoms. The number of nitrogens with one attached hydrogen (secondary N) is 2. The van der Waals surface area contributed by atoms with Crippen molar-refractivity contribution in [3.8, 4) is 0 Å². The number of hydrogen-bond acceptors (Lipinski definition) is 4. The van der Waals surface area contributed by atoms with E-state index in [1.54, 1.807) is 4.90 Å². The van der Waals surface area contributed by atoms with Gasteiger partial charge in [0.2, 0.25) is 5.91 Å². The summed E-state index contributed by atoms with van der Waals surface area (Å²) < 4.78 is 5.48. The molecule has 2 saturated heterocycles. The predicted molar refractivity (Wildman–Crippen MR) is 80.0 cm³/mol. The SMILES string of the molecule is CC(C)(C)OC(=O)N1CCC2(CC1(C)C)NCCNC2=O. The van der Waals surface area contributed by atoms with Crippen LogP contribution in [-0.2, 0) is 9.53 Å². The molecule has 0 bridgehead atoms. The maximum absolute atomic E-state index is 12.4. The molecule has 120 valence electrons. The molecule has 0 aromatic rings. The molecule has 2 fully saturated rings. The van der Waals surface area contributed by atoms with Crippen molar-refractivity contribution in [1.29, 1.82) is 0 Å². The van der Waals surface area contributed by atoms with Gasteiger partial charge in [-0.2, -0.15) is 0 Å². The molecule has 2 aliphatic heterocycles. The molecule has 1 spiro atoms. The van der Waals surface area contributed by atoms with Crippen molar-refractivity contribution in [1.82, 2.24) is 15.5 Å². The molecule has 6 heteroatoms. The van der Waals surface area contributed by atoms with Crippen molar-refractivity contribution in [2.75, 3.05) is 19.6 Å². The minimum atomic E-state index is -0.555. The molecule has 6 nitrogen and oxygen atoms in total. The minimum Gasteiger partial charge on any atom is -0.444 e. The molecule has 0 radical (unpaired) electrons. The van der Waals surface area contributed by atoms with Gasteiger partial charge in [0.05, 0.1) is 0 Å². The summed E-state index contributed by atoms with van der Waals surface area (Å²) in [5.41, 5.74) is -1.49. The number of hydrogen-bond donors (Lipinski definition) is 2. The lowest BCUT2D eigenvalue weighted by atomic mass is 9.75. The summed E-state index contributed by atoms with van der Waals surface area (Å²) in [6, 6.07) is 0. The highest BCUT2D eigenvalue weighted by Crippen LogP contribution is 2.36. The second-order valence-corrected chi connectivity index (χ2v) is 7.64. The topological polar surface area (TPSA) is 70.7 Å². The summed E-state index contributed by atoms with van der Waals surface area (Å²) in [6.07, 6.45) is 0.894. The van der Waals surface area contributed by atoms with Gasteiger partial charge in [-0.15, -0.1) is 0 Å². The smallest absolute Gasteiger partial charge is 0.410 e. The highest BCUT2D eigenvalue weighted by molar-refractivity contribution is 5.87. The van der Waals surface area contributed by atoms with Crippen LogP contribution in [0.1, 0.15) is 47.5 Å². The summed E-state index contributed by atoms with van der Waals surface area (Å²) in [5.74, 6) is 0.0469. The van der Waals surface area contributed by atoms with E-state index in [1.165, 1.54) is 0 Å². The number of piperazine rings is 1. The average molecular weight is 297 g/mol. The fraction of sp³-hybridized carbons (Fsp3) is 0.867. The van der Waals surface area contributed by atoms with E-state index >= 15 is 0 Å². The lowest BCUT2D eigenvalue weighted by molar-refractivity contribution is -0.134. The van der Waals surface area contributed by atoms with E-state index in [0.29, 0.717) is 25.9 Å². The predicted octanol–water partition coefficient (Wildman–Crippen LogP) is 1.25. The van der Waals surface area contributed by atoms with Gasteiger partial charge >= 0.3 is 6.09 Å². The van der Waals surface area contributed by atoms with Gasteiger partial charge in [-0.05, 0) is 47.5 Å². The first-order valence-electron chi connectivity index (χ1n) is 7.60. The van der Waals surface area contributed by atoms with E-state index in [4.69, 9.17) is 4.74 Å². The molecule has 0 aliphatic carbocycles. The number of carbonyl (C=O) groups excluding carboxylic acids is 2. The third-order valence-corrected chi connectivity index (χ3v) is 4.15. The number of likely N-dealkylation sites (tertiary alicyclic amines) is 1. The summed E-state index contributed by atoms with van der Waals surface area (Å²) in [7, 11) is 0. The number of ether oxygens (including phenoxy) is 1. The third kappa shape index (κ3) is 3.31. The quantitative estimate of drug-likeness (QED) is 0.706. The Morgan fingerprint density at radius 2 is 1.95 bits per heavy atom. The number of carbonyl (C=O) groups is 2. The van der Waals surface area contributed by atoms with Gasteiger partial charge in [0.1, 0.15) is 11.1 Å². The molecule has 0 aromatic heterocycles. The van der Waals surface area contributed by atoms with Gasteiger partial charge in [-0.3, -0.25) is 4.79 Å². The van der Waals surface area contributed by atoms with Gasteiger partial charge in [-0.25, -0.2) is 4.79 Å². The van der Waals surface area contributed by atoms with E-state index in [9.17, 15) is 9.59 Å². The molecule has 2 amide bonds. The highest BCUT2D eigenvalue weighted by Gasteiger charge is 2.51. The van der Waals surface area contributed by atoms with Crippen molar-refractivity contribution in [3.63, 3.8) is 0 Å². The first-order chi connectivity index (χ1) is 9.56. The van der Waals surface area contributed by atoms with Crippen molar-refractivity contribution in [3.05, 3.63) is 0 Å². The molecular weight excluding hydrogens is 270 g/mol. The van der Waals surface area contributed by atoms with Crippen molar-refractivity contribution >= 4 is 12.0 Å². The Hall–Kier alpha value is -1.30. The van der Waals surface area contributed by atoms with Crippen LogP contribution in [0.15, 0.2) is 0 Å². The van der Waals surface area contributed by atoms with Crippen LogP contribution in [-0.4, -0.2) is 53.2 Å². The fourth-order valence-corrected chi connectivity index (χ4v) is 3.26. The van der Waals surface area contributed by atoms with Crippen molar-refractivity contribution < 1.29 is 14.3 Å². The summed E-state index contributed by atoms with van der Waals surface area (Å²) in [5, 5.41) is 6.28. The molecule has 2 rings (SSSR count). The highest BCUT2D eigenvalue weighted by atomic mass is 16.6. The van der Waals surface area contributed by atoms with E-state index in [2.05, 4.69) is 10.6 Å². The summed E-state index contributed by atoms with van der Waals surface area (Å²) in [4.78, 5) is 26.4. The molecule has 0 saturated carbocycles. The van der Waals surface area contributed by atoms with E-state index < -0.39 is 16.7 Å². The van der Waals surface area contributed by atoms with Gasteiger partial charge in [0.25, 0.3) is 0 Å². The Labute approximate surface area is 126 Å². The minimum absolute atomic E-state index is 0.0469. The number of piperidine rings is 1. The first-order valence-corrected chi connectivity index (χ1v) is 7.60. The van der Waals surface area contributed by atoms with Crippen molar-refractivity contribution in [2.24, 2.45) is 0 Å². The van der Waals surface area contributed by atoms with E-state index in [1.807, 2.05) is 34.6 Å². The molecular formula is C15H27N3O3. The largest absolute Gasteiger partial charge is 0.444 e. The molecule has 2 aliphatic rings. The Morgan fingerprint density at radius 3 is 2.48 bits per heavy atom. The third-order valence-electron chi connectivity index (χ3n) is 4.15. The Balaban J connectivity index is 2.13. The average Bonchev–Trinajstić information content (AvgIpc) is 2.29. The Kier molecular flexibility index (Phi) is 3.95. The Bertz CT molecular complexity index is 442. The van der Waals surface area contributed by atoms with Crippen LogP contribution < -0.4 is 10.6 Å². The molecule has 2 heterocycles. The van der Waals surface area contributed by atoms with Gasteiger partial charge in [-0.1, -0.05) is 0 Å². The second kappa shape index (κ2) is 5.16. The zero-order valence-corrected chi connectivity index (χ0v) is 13.7. The van der Waals surface area contributed by atoms with Crippen LogP contribution >= 0.6 is 0 Å². The van der Waals surface area contributed by atoms with Gasteiger partial charge < -0.3 is 20.3 Å². The van der Waals surface area contributed by atoms with Crippen LogP contribution in [0.4, 0.5) is 4.79 Å². The van der Waals surface area contributed by atoms with Crippen LogP contribution in [0, 0.1) is 0 Å². The fourth-order valence-electron chi connectivity index (χ4n) is 3.26. The van der Waals surface area contributed by atoms with Gasteiger partial charge in [0.15, 0.2) is 0 Å². The monoisotopic (exact) mass is 297 g/mol. The molecule has 1 unspecified atom stereocenters. The maximum Gasteiger partial charge on any atom is 0.410 e. The number of nitrogens with zero attached hydrogens (tertiary/aromatic N) is 1. The van der Waals surface area contributed by atoms with Crippen LogP contribution in [0.5, 0.6) is 0 Å². The lowest BCUT2D eigenvalue weighted by Crippen LogP contribution is -2.71. The summed E-state index contributed by atoms with van der Waals surface area (Å²) >= 11 is 0. The van der Waals surface area contributed by atoms with Crippen LogP contribution in [0.2, 0.25) is 0 Å². The van der Waals surface area contributed by atoms with Gasteiger partial charge in [0, 0.05) is 25.2 Å². The normalized spacial score (nSPS) is 29.2. The second-order valence-electron chi connectivity index (χ2n) is 7.64. The Morgan fingerprint density at radius 1 is 1.29 bits per heavy atom. The van der Waals surface area contributed by atoms with E-state index in [0.717, 1.165) is 6.54 Å². The number of rotatable bonds is 0. The van der Waals surface area contributed by atoms with Crippen LogP contribution in [0.3, 0.4) is 0 Å². The first kappa shape index (κ1) is 16.1. The zero-order chi connectivity index (χ0) is 15.9. The number of amides is 2. The molecule has 0 aromatic carbocycles. The van der Waals surface area contributed by atoms with Crippen LogP contribution in [0.25, 0.3) is 0 Å². The summed E-state index contributed by atoms with van der Waals surface area (Å²) in [6.45, 7) is 11.5. The standard InChI is InChI=1S/C15H27N3O3/c1-13(2,3)21-12(20)18-9-6-15(10-14(18,4)5)11(19)16-7-8-17-15/h17H,6-10H2,1-5H3,(H,16,19). The zero-order valence-electron chi connectivity index (χ0n) is 13.7. The molecule has 2 N–H and O–H groups in total. The van der Waals surface area contributed by atoms with Crippen molar-refractivity contribution in [2.45, 2.75) is 64.1 Å². The molecule has 1 atom stereocenters.